The molecule has 0 atom stereocenters. The molecule has 0 bridgehead atoms. The molecule has 0 spiro atoms. The quantitative estimate of drug-likeness (QED) is 0.555. The van der Waals surface area contributed by atoms with Crippen molar-refractivity contribution in [1.82, 2.24) is 0 Å². The molecule has 64 valence electrons. The first-order valence-electron chi connectivity index (χ1n) is 3.60. The monoisotopic (exact) mass is 165 g/mol. The standard InChI is InChI=1S/C9H11NO2/c1-5-3-7(11)9(6(2)10)8(12)4-5/h3-4,10-12H,1-2H3. The average Bonchev–Trinajstić information content (AvgIpc) is 1.82. The Kier molecular flexibility index (Phi) is 2.04. The third-order valence-electron chi connectivity index (χ3n) is 1.62. The number of rotatable bonds is 1. The van der Waals surface area contributed by atoms with Gasteiger partial charge in [-0.05, 0) is 31.5 Å². The van der Waals surface area contributed by atoms with E-state index in [0.717, 1.165) is 5.56 Å². The fourth-order valence-corrected chi connectivity index (χ4v) is 1.13. The Balaban J connectivity index is 3.38. The molecular formula is C9H11NO2. The minimum absolute atomic E-state index is 0.0417. The van der Waals surface area contributed by atoms with E-state index in [0.29, 0.717) is 0 Å². The van der Waals surface area contributed by atoms with Crippen LogP contribution in [-0.4, -0.2) is 15.9 Å². The molecule has 0 aliphatic rings. The van der Waals surface area contributed by atoms with Gasteiger partial charge in [-0.3, -0.25) is 0 Å². The lowest BCUT2D eigenvalue weighted by molar-refractivity contribution is 0.447. The maximum atomic E-state index is 9.34. The van der Waals surface area contributed by atoms with Gasteiger partial charge in [-0.1, -0.05) is 0 Å². The molecular weight excluding hydrogens is 154 g/mol. The lowest BCUT2D eigenvalue weighted by Gasteiger charge is -2.06. The van der Waals surface area contributed by atoms with E-state index in [1.807, 2.05) is 0 Å². The zero-order valence-corrected chi connectivity index (χ0v) is 7.05. The van der Waals surface area contributed by atoms with E-state index in [-0.39, 0.29) is 22.8 Å². The normalized spacial score (nSPS) is 9.83. The molecule has 0 saturated carbocycles. The highest BCUT2D eigenvalue weighted by molar-refractivity contribution is 6.01. The number of aromatic hydroxyl groups is 2. The highest BCUT2D eigenvalue weighted by atomic mass is 16.3. The number of benzene rings is 1. The molecule has 3 heteroatoms. The highest BCUT2D eigenvalue weighted by Gasteiger charge is 2.09. The van der Waals surface area contributed by atoms with Crippen molar-refractivity contribution >= 4 is 5.71 Å². The van der Waals surface area contributed by atoms with Crippen molar-refractivity contribution in [2.45, 2.75) is 13.8 Å². The topological polar surface area (TPSA) is 64.3 Å². The maximum Gasteiger partial charge on any atom is 0.128 e. The van der Waals surface area contributed by atoms with Crippen molar-refractivity contribution in [2.75, 3.05) is 0 Å². The summed E-state index contributed by atoms with van der Waals surface area (Å²) in [5.41, 5.74) is 1.14. The zero-order valence-electron chi connectivity index (χ0n) is 7.05. The van der Waals surface area contributed by atoms with Gasteiger partial charge in [0.2, 0.25) is 0 Å². The molecule has 0 unspecified atom stereocenters. The molecule has 0 radical (unpaired) electrons. The predicted octanol–water partition coefficient (Wildman–Crippen LogP) is 1.79. The van der Waals surface area contributed by atoms with E-state index in [9.17, 15) is 10.2 Å². The van der Waals surface area contributed by atoms with Gasteiger partial charge in [0, 0.05) is 5.71 Å². The van der Waals surface area contributed by atoms with Crippen molar-refractivity contribution in [3.05, 3.63) is 23.3 Å². The van der Waals surface area contributed by atoms with Gasteiger partial charge in [-0.25, -0.2) is 0 Å². The molecule has 1 rings (SSSR count). The molecule has 1 aromatic rings. The van der Waals surface area contributed by atoms with Gasteiger partial charge in [0.1, 0.15) is 11.5 Å². The van der Waals surface area contributed by atoms with Crippen LogP contribution in [0.2, 0.25) is 0 Å². The van der Waals surface area contributed by atoms with Gasteiger partial charge in [0.25, 0.3) is 0 Å². The van der Waals surface area contributed by atoms with Crippen molar-refractivity contribution < 1.29 is 10.2 Å². The number of hydrogen-bond donors (Lipinski definition) is 3. The summed E-state index contributed by atoms with van der Waals surface area (Å²) in [6.07, 6.45) is 0. The third kappa shape index (κ3) is 1.39. The molecule has 0 aliphatic carbocycles. The zero-order chi connectivity index (χ0) is 9.30. The van der Waals surface area contributed by atoms with Crippen LogP contribution in [0.25, 0.3) is 0 Å². The lowest BCUT2D eigenvalue weighted by atomic mass is 10.1. The number of nitrogens with one attached hydrogen (secondary N) is 1. The van der Waals surface area contributed by atoms with Crippen LogP contribution in [0.1, 0.15) is 18.1 Å². The van der Waals surface area contributed by atoms with E-state index in [1.54, 1.807) is 6.92 Å². The molecule has 0 amide bonds. The minimum Gasteiger partial charge on any atom is -0.507 e. The first-order chi connectivity index (χ1) is 5.52. The molecule has 3 N–H and O–H groups in total. The van der Waals surface area contributed by atoms with E-state index in [2.05, 4.69) is 0 Å². The van der Waals surface area contributed by atoms with Crippen molar-refractivity contribution in [3.63, 3.8) is 0 Å². The molecule has 0 aromatic heterocycles. The summed E-state index contributed by atoms with van der Waals surface area (Å²) in [7, 11) is 0. The Hall–Kier alpha value is -1.51. The minimum atomic E-state index is -0.0417. The first-order valence-corrected chi connectivity index (χ1v) is 3.60. The second kappa shape index (κ2) is 2.85. The Morgan fingerprint density at radius 3 is 2.00 bits per heavy atom. The summed E-state index contributed by atoms with van der Waals surface area (Å²) < 4.78 is 0. The van der Waals surface area contributed by atoms with Crippen LogP contribution < -0.4 is 0 Å². The average molecular weight is 165 g/mol. The lowest BCUT2D eigenvalue weighted by Crippen LogP contribution is -1.93. The third-order valence-corrected chi connectivity index (χ3v) is 1.62. The first kappa shape index (κ1) is 8.59. The molecule has 1 aromatic carbocycles. The molecule has 0 fully saturated rings. The van der Waals surface area contributed by atoms with Crippen molar-refractivity contribution in [1.29, 1.82) is 5.41 Å². The van der Waals surface area contributed by atoms with Crippen LogP contribution in [0, 0.1) is 12.3 Å². The van der Waals surface area contributed by atoms with Crippen LogP contribution in [0.4, 0.5) is 0 Å². The molecule has 0 saturated heterocycles. The number of hydrogen-bond acceptors (Lipinski definition) is 3. The molecule has 3 nitrogen and oxygen atoms in total. The number of phenolic OH excluding ortho intramolecular Hbond substituents is 2. The van der Waals surface area contributed by atoms with Crippen molar-refractivity contribution in [3.8, 4) is 11.5 Å². The summed E-state index contributed by atoms with van der Waals surface area (Å²) in [5.74, 6) is -0.0833. The second-order valence-corrected chi connectivity index (χ2v) is 2.80. The van der Waals surface area contributed by atoms with Gasteiger partial charge < -0.3 is 15.6 Å². The predicted molar refractivity (Wildman–Crippen MR) is 47.0 cm³/mol. The smallest absolute Gasteiger partial charge is 0.128 e. The summed E-state index contributed by atoms with van der Waals surface area (Å²) in [6, 6.07) is 3.04. The van der Waals surface area contributed by atoms with Crippen molar-refractivity contribution in [2.24, 2.45) is 0 Å². The Morgan fingerprint density at radius 1 is 1.25 bits per heavy atom. The van der Waals surface area contributed by atoms with Crippen LogP contribution in [0.3, 0.4) is 0 Å². The fraction of sp³-hybridized carbons (Fsp3) is 0.222. The summed E-state index contributed by atoms with van der Waals surface area (Å²) in [5, 5.41) is 26.0. The molecule has 0 aliphatic heterocycles. The van der Waals surface area contributed by atoms with Crippen LogP contribution >= 0.6 is 0 Å². The number of phenols is 2. The largest absolute Gasteiger partial charge is 0.507 e. The van der Waals surface area contributed by atoms with Crippen LogP contribution in [-0.2, 0) is 0 Å². The van der Waals surface area contributed by atoms with Gasteiger partial charge in [-0.2, -0.15) is 0 Å². The van der Waals surface area contributed by atoms with E-state index < -0.39 is 0 Å². The van der Waals surface area contributed by atoms with E-state index in [4.69, 9.17) is 5.41 Å². The van der Waals surface area contributed by atoms with Gasteiger partial charge >= 0.3 is 0 Å². The highest BCUT2D eigenvalue weighted by Crippen LogP contribution is 2.28. The summed E-state index contributed by atoms with van der Waals surface area (Å²) >= 11 is 0. The fourth-order valence-electron chi connectivity index (χ4n) is 1.13. The summed E-state index contributed by atoms with van der Waals surface area (Å²) in [6.45, 7) is 3.28. The van der Waals surface area contributed by atoms with E-state index in [1.165, 1.54) is 19.1 Å². The van der Waals surface area contributed by atoms with Crippen LogP contribution in [0.15, 0.2) is 12.1 Å². The Bertz CT molecular complexity index is 308. The van der Waals surface area contributed by atoms with Gasteiger partial charge in [0.15, 0.2) is 0 Å². The van der Waals surface area contributed by atoms with Crippen LogP contribution in [0.5, 0.6) is 11.5 Å². The summed E-state index contributed by atoms with van der Waals surface area (Å²) in [4.78, 5) is 0. The van der Waals surface area contributed by atoms with Gasteiger partial charge in [-0.15, -0.1) is 0 Å². The van der Waals surface area contributed by atoms with Gasteiger partial charge in [0.05, 0.1) is 5.56 Å². The Morgan fingerprint density at radius 2 is 1.67 bits per heavy atom. The number of aryl methyl sites for hydroxylation is 1. The Labute approximate surface area is 70.8 Å². The molecule has 0 heterocycles. The SMILES string of the molecule is CC(=N)c1c(O)cc(C)cc1O. The van der Waals surface area contributed by atoms with E-state index >= 15 is 0 Å². The second-order valence-electron chi connectivity index (χ2n) is 2.80. The molecule has 12 heavy (non-hydrogen) atoms. The maximum absolute atomic E-state index is 9.34.